The normalized spacial score (nSPS) is 27.0. The van der Waals surface area contributed by atoms with Crippen LogP contribution >= 0.6 is 11.6 Å². The number of hydrogen-bond donors (Lipinski definition) is 1. The van der Waals surface area contributed by atoms with Crippen LogP contribution in [0, 0.1) is 5.82 Å². The molecule has 1 aliphatic rings. The van der Waals surface area contributed by atoms with Crippen molar-refractivity contribution in [1.82, 2.24) is 4.90 Å². The fourth-order valence-corrected chi connectivity index (χ4v) is 2.69. The number of hydrogen-bond acceptors (Lipinski definition) is 2. The number of rotatable bonds is 1. The molecule has 1 aromatic rings. The third-order valence-electron chi connectivity index (χ3n) is 3.21. The van der Waals surface area contributed by atoms with Crippen molar-refractivity contribution in [2.45, 2.75) is 24.9 Å². The summed E-state index contributed by atoms with van der Waals surface area (Å²) in [6, 6.07) is 4.70. The van der Waals surface area contributed by atoms with E-state index in [4.69, 9.17) is 17.3 Å². The monoisotopic (exact) mass is 242 g/mol. The lowest BCUT2D eigenvalue weighted by Gasteiger charge is -2.38. The van der Waals surface area contributed by atoms with Gasteiger partial charge in [-0.1, -0.05) is 17.7 Å². The first kappa shape index (κ1) is 11.8. The number of nitrogens with two attached hydrogens (primary N) is 1. The van der Waals surface area contributed by atoms with Crippen molar-refractivity contribution in [3.63, 3.8) is 0 Å². The topological polar surface area (TPSA) is 29.3 Å². The Labute approximate surface area is 100 Å². The maximum absolute atomic E-state index is 13.0. The van der Waals surface area contributed by atoms with Gasteiger partial charge in [0.2, 0.25) is 0 Å². The SMILES string of the molecule is CN1CCCC(N)C1c1ccc(F)cc1Cl. The predicted octanol–water partition coefficient (Wildman–Crippen LogP) is 2.57. The second kappa shape index (κ2) is 4.70. The molecule has 0 spiro atoms. The van der Waals surface area contributed by atoms with Gasteiger partial charge in [0.1, 0.15) is 5.82 Å². The van der Waals surface area contributed by atoms with Crippen molar-refractivity contribution >= 4 is 11.6 Å². The van der Waals surface area contributed by atoms with Crippen LogP contribution in [0.15, 0.2) is 18.2 Å². The highest BCUT2D eigenvalue weighted by Gasteiger charge is 2.29. The van der Waals surface area contributed by atoms with Gasteiger partial charge in [-0.05, 0) is 44.1 Å². The summed E-state index contributed by atoms with van der Waals surface area (Å²) in [6.45, 7) is 1.01. The molecule has 1 aromatic carbocycles. The van der Waals surface area contributed by atoms with E-state index in [2.05, 4.69) is 4.90 Å². The van der Waals surface area contributed by atoms with Crippen molar-refractivity contribution < 1.29 is 4.39 Å². The lowest BCUT2D eigenvalue weighted by molar-refractivity contribution is 0.163. The Morgan fingerprint density at radius 1 is 1.50 bits per heavy atom. The van der Waals surface area contributed by atoms with Gasteiger partial charge in [-0.25, -0.2) is 4.39 Å². The number of likely N-dealkylation sites (tertiary alicyclic amines) is 1. The molecule has 2 N–H and O–H groups in total. The zero-order valence-corrected chi connectivity index (χ0v) is 10.0. The smallest absolute Gasteiger partial charge is 0.124 e. The molecule has 0 saturated carbocycles. The van der Waals surface area contributed by atoms with E-state index in [0.29, 0.717) is 5.02 Å². The van der Waals surface area contributed by atoms with Crippen LogP contribution in [0.5, 0.6) is 0 Å². The van der Waals surface area contributed by atoms with Crippen LogP contribution in [0.2, 0.25) is 5.02 Å². The first-order valence-corrected chi connectivity index (χ1v) is 5.88. The van der Waals surface area contributed by atoms with E-state index >= 15 is 0 Å². The van der Waals surface area contributed by atoms with Crippen molar-refractivity contribution in [3.05, 3.63) is 34.6 Å². The largest absolute Gasteiger partial charge is 0.326 e. The molecule has 2 nitrogen and oxygen atoms in total. The Bertz CT molecular complexity index is 373. The number of likely N-dealkylation sites (N-methyl/N-ethyl adjacent to an activating group) is 1. The van der Waals surface area contributed by atoms with Gasteiger partial charge in [-0.15, -0.1) is 0 Å². The van der Waals surface area contributed by atoms with Crippen molar-refractivity contribution in [3.8, 4) is 0 Å². The maximum Gasteiger partial charge on any atom is 0.124 e. The molecule has 2 rings (SSSR count). The van der Waals surface area contributed by atoms with Crippen LogP contribution in [-0.2, 0) is 0 Å². The van der Waals surface area contributed by atoms with E-state index in [0.717, 1.165) is 24.9 Å². The lowest BCUT2D eigenvalue weighted by Crippen LogP contribution is -2.44. The van der Waals surface area contributed by atoms with Gasteiger partial charge in [0, 0.05) is 11.1 Å². The van der Waals surface area contributed by atoms with Crippen molar-refractivity contribution in [1.29, 1.82) is 0 Å². The summed E-state index contributed by atoms with van der Waals surface area (Å²) in [5.41, 5.74) is 7.04. The second-order valence-corrected chi connectivity index (χ2v) is 4.80. The third-order valence-corrected chi connectivity index (χ3v) is 3.54. The van der Waals surface area contributed by atoms with Crippen molar-refractivity contribution in [2.24, 2.45) is 5.73 Å². The van der Waals surface area contributed by atoms with Gasteiger partial charge in [0.15, 0.2) is 0 Å². The number of piperidine rings is 1. The van der Waals surface area contributed by atoms with Crippen LogP contribution in [-0.4, -0.2) is 24.5 Å². The summed E-state index contributed by atoms with van der Waals surface area (Å²) in [5.74, 6) is -0.305. The first-order valence-electron chi connectivity index (χ1n) is 5.50. The molecule has 1 saturated heterocycles. The zero-order valence-electron chi connectivity index (χ0n) is 9.29. The highest BCUT2D eigenvalue weighted by atomic mass is 35.5. The summed E-state index contributed by atoms with van der Waals surface area (Å²) >= 11 is 6.07. The molecule has 0 radical (unpaired) electrons. The Kier molecular flexibility index (Phi) is 3.47. The molecule has 4 heteroatoms. The van der Waals surface area contributed by atoms with Gasteiger partial charge in [0.05, 0.1) is 6.04 Å². The van der Waals surface area contributed by atoms with Crippen LogP contribution in [0.3, 0.4) is 0 Å². The predicted molar refractivity (Wildman–Crippen MR) is 64.0 cm³/mol. The van der Waals surface area contributed by atoms with E-state index in [1.165, 1.54) is 12.1 Å². The molecule has 1 heterocycles. The zero-order chi connectivity index (χ0) is 11.7. The number of benzene rings is 1. The molecular formula is C12H16ClFN2. The highest BCUT2D eigenvalue weighted by Crippen LogP contribution is 2.33. The Hall–Kier alpha value is -0.640. The van der Waals surface area contributed by atoms with E-state index in [1.807, 2.05) is 7.05 Å². The Morgan fingerprint density at radius 3 is 2.88 bits per heavy atom. The second-order valence-electron chi connectivity index (χ2n) is 4.40. The fourth-order valence-electron chi connectivity index (χ4n) is 2.41. The number of nitrogens with zero attached hydrogens (tertiary/aromatic N) is 1. The first-order chi connectivity index (χ1) is 7.59. The van der Waals surface area contributed by atoms with Gasteiger partial charge in [-0.2, -0.15) is 0 Å². The minimum atomic E-state index is -0.305. The molecule has 2 unspecified atom stereocenters. The van der Waals surface area contributed by atoms with Gasteiger partial charge in [-0.3, -0.25) is 4.90 Å². The van der Waals surface area contributed by atoms with Crippen molar-refractivity contribution in [2.75, 3.05) is 13.6 Å². The fraction of sp³-hybridized carbons (Fsp3) is 0.500. The van der Waals surface area contributed by atoms with E-state index in [-0.39, 0.29) is 17.9 Å². The maximum atomic E-state index is 13.0. The highest BCUT2D eigenvalue weighted by molar-refractivity contribution is 6.31. The molecular weight excluding hydrogens is 227 g/mol. The van der Waals surface area contributed by atoms with Crippen LogP contribution in [0.4, 0.5) is 4.39 Å². The van der Waals surface area contributed by atoms with Crippen LogP contribution in [0.25, 0.3) is 0 Å². The summed E-state index contributed by atoms with van der Waals surface area (Å²) in [7, 11) is 2.03. The standard InChI is InChI=1S/C12H16ClFN2/c1-16-6-2-3-11(15)12(16)9-5-4-8(14)7-10(9)13/h4-5,7,11-12H,2-3,6,15H2,1H3. The average Bonchev–Trinajstić information content (AvgIpc) is 2.20. The molecule has 2 atom stereocenters. The Balaban J connectivity index is 2.34. The lowest BCUT2D eigenvalue weighted by atomic mass is 9.91. The Morgan fingerprint density at radius 2 is 2.25 bits per heavy atom. The van der Waals surface area contributed by atoms with Gasteiger partial charge >= 0.3 is 0 Å². The minimum Gasteiger partial charge on any atom is -0.326 e. The van der Waals surface area contributed by atoms with E-state index in [1.54, 1.807) is 6.07 Å². The van der Waals surface area contributed by atoms with Gasteiger partial charge < -0.3 is 5.73 Å². The molecule has 0 amide bonds. The average molecular weight is 243 g/mol. The van der Waals surface area contributed by atoms with E-state index in [9.17, 15) is 4.39 Å². The molecule has 1 aliphatic heterocycles. The quantitative estimate of drug-likeness (QED) is 0.820. The molecule has 88 valence electrons. The summed E-state index contributed by atoms with van der Waals surface area (Å²) in [5, 5.41) is 0.467. The molecule has 0 aromatic heterocycles. The molecule has 1 fully saturated rings. The minimum absolute atomic E-state index is 0.0710. The number of halogens is 2. The van der Waals surface area contributed by atoms with Crippen LogP contribution in [0.1, 0.15) is 24.4 Å². The summed E-state index contributed by atoms with van der Waals surface area (Å²) in [6.07, 6.45) is 2.09. The van der Waals surface area contributed by atoms with Gasteiger partial charge in [0.25, 0.3) is 0 Å². The summed E-state index contributed by atoms with van der Waals surface area (Å²) in [4.78, 5) is 2.19. The summed E-state index contributed by atoms with van der Waals surface area (Å²) < 4.78 is 13.0. The molecule has 0 bridgehead atoms. The molecule has 16 heavy (non-hydrogen) atoms. The third kappa shape index (κ3) is 2.21. The molecule has 0 aliphatic carbocycles. The van der Waals surface area contributed by atoms with Crippen LogP contribution < -0.4 is 5.73 Å². The van der Waals surface area contributed by atoms with E-state index < -0.39 is 0 Å².